The Kier molecular flexibility index (Phi) is 6.54. The number of hydrogen-bond donors (Lipinski definition) is 2. The quantitative estimate of drug-likeness (QED) is 0.693. The van der Waals surface area contributed by atoms with Gasteiger partial charge in [0.25, 0.3) is 0 Å². The summed E-state index contributed by atoms with van der Waals surface area (Å²) in [6.45, 7) is 2.95. The van der Waals surface area contributed by atoms with Crippen molar-refractivity contribution in [1.82, 2.24) is 10.2 Å². The van der Waals surface area contributed by atoms with Crippen LogP contribution < -0.4 is 10.1 Å². The van der Waals surface area contributed by atoms with Crippen LogP contribution in [0.3, 0.4) is 0 Å². The van der Waals surface area contributed by atoms with Gasteiger partial charge in [-0.15, -0.1) is 0 Å². The highest BCUT2D eigenvalue weighted by Gasteiger charge is 2.02. The number of methoxy groups -OCH3 is 1. The molecule has 0 saturated heterocycles. The zero-order valence-electron chi connectivity index (χ0n) is 11.6. The molecule has 0 aliphatic carbocycles. The zero-order valence-corrected chi connectivity index (χ0v) is 11.6. The monoisotopic (exact) mass is 252 g/mol. The minimum Gasteiger partial charge on any atom is -0.504 e. The summed E-state index contributed by atoms with van der Waals surface area (Å²) in [4.78, 5) is 2.20. The predicted octanol–water partition coefficient (Wildman–Crippen LogP) is 1.83. The van der Waals surface area contributed by atoms with E-state index in [1.54, 1.807) is 13.2 Å². The van der Waals surface area contributed by atoms with Crippen LogP contribution in [0.5, 0.6) is 11.5 Å². The molecular weight excluding hydrogens is 228 g/mol. The summed E-state index contributed by atoms with van der Waals surface area (Å²) in [5.74, 6) is 0.717. The Morgan fingerprint density at radius 3 is 2.72 bits per heavy atom. The average Bonchev–Trinajstić information content (AvgIpc) is 2.35. The fourth-order valence-corrected chi connectivity index (χ4v) is 1.74. The number of rotatable bonds is 8. The van der Waals surface area contributed by atoms with E-state index in [1.807, 2.05) is 12.1 Å². The molecule has 0 aliphatic rings. The van der Waals surface area contributed by atoms with Crippen LogP contribution in [0.2, 0.25) is 0 Å². The summed E-state index contributed by atoms with van der Waals surface area (Å²) in [6.07, 6.45) is 2.38. The number of hydrogen-bond acceptors (Lipinski definition) is 4. The number of ether oxygens (including phenoxy) is 1. The van der Waals surface area contributed by atoms with E-state index in [4.69, 9.17) is 4.74 Å². The molecule has 1 aromatic rings. The number of aromatic hydroxyl groups is 1. The number of phenols is 1. The van der Waals surface area contributed by atoms with Crippen molar-refractivity contribution in [2.75, 3.05) is 34.3 Å². The van der Waals surface area contributed by atoms with Crippen LogP contribution >= 0.6 is 0 Å². The summed E-state index contributed by atoms with van der Waals surface area (Å²) >= 11 is 0. The summed E-state index contributed by atoms with van der Waals surface area (Å²) < 4.78 is 5.07. The standard InChI is InChI=1S/C14H24N2O2/c1-16(2)9-5-4-8-15-11-12-6-7-13(17)14(10-12)18-3/h6-7,10,15,17H,4-5,8-9,11H2,1-3H3. The maximum Gasteiger partial charge on any atom is 0.160 e. The van der Waals surface area contributed by atoms with E-state index in [9.17, 15) is 5.11 Å². The van der Waals surface area contributed by atoms with Crippen LogP contribution in [-0.2, 0) is 6.54 Å². The largest absolute Gasteiger partial charge is 0.504 e. The number of nitrogens with one attached hydrogen (secondary N) is 1. The first-order valence-corrected chi connectivity index (χ1v) is 6.35. The summed E-state index contributed by atoms with van der Waals surface area (Å²) in [5.41, 5.74) is 1.12. The second-order valence-electron chi connectivity index (χ2n) is 4.69. The topological polar surface area (TPSA) is 44.7 Å². The van der Waals surface area contributed by atoms with Gasteiger partial charge in [-0.25, -0.2) is 0 Å². The Morgan fingerprint density at radius 2 is 2.06 bits per heavy atom. The molecule has 0 spiro atoms. The van der Waals surface area contributed by atoms with Gasteiger partial charge in [-0.05, 0) is 57.7 Å². The molecule has 102 valence electrons. The van der Waals surface area contributed by atoms with Gasteiger partial charge in [-0.1, -0.05) is 6.07 Å². The number of phenolic OH excluding ortho intramolecular Hbond substituents is 1. The molecule has 1 rings (SSSR count). The second kappa shape index (κ2) is 7.95. The van der Waals surface area contributed by atoms with Gasteiger partial charge in [0.2, 0.25) is 0 Å². The van der Waals surface area contributed by atoms with Crippen LogP contribution in [-0.4, -0.2) is 44.3 Å². The summed E-state index contributed by atoms with van der Waals surface area (Å²) in [6, 6.07) is 5.44. The van der Waals surface area contributed by atoms with Gasteiger partial charge in [0.15, 0.2) is 11.5 Å². The number of benzene rings is 1. The highest BCUT2D eigenvalue weighted by atomic mass is 16.5. The predicted molar refractivity (Wildman–Crippen MR) is 74.2 cm³/mol. The van der Waals surface area contributed by atoms with Gasteiger partial charge in [0.05, 0.1) is 7.11 Å². The summed E-state index contributed by atoms with van der Waals surface area (Å²) in [5, 5.41) is 12.9. The Balaban J connectivity index is 2.23. The maximum atomic E-state index is 9.48. The SMILES string of the molecule is COc1cc(CNCCCCN(C)C)ccc1O. The molecule has 18 heavy (non-hydrogen) atoms. The van der Waals surface area contributed by atoms with Crippen molar-refractivity contribution in [3.8, 4) is 11.5 Å². The molecule has 0 aromatic heterocycles. The maximum absolute atomic E-state index is 9.48. The molecule has 4 nitrogen and oxygen atoms in total. The molecule has 1 aromatic carbocycles. The van der Waals surface area contributed by atoms with Crippen molar-refractivity contribution in [2.45, 2.75) is 19.4 Å². The molecule has 0 atom stereocenters. The molecular formula is C14H24N2O2. The van der Waals surface area contributed by atoms with Crippen molar-refractivity contribution in [3.63, 3.8) is 0 Å². The summed E-state index contributed by atoms with van der Waals surface area (Å²) in [7, 11) is 5.75. The molecule has 0 aliphatic heterocycles. The van der Waals surface area contributed by atoms with Crippen molar-refractivity contribution < 1.29 is 9.84 Å². The van der Waals surface area contributed by atoms with Crippen LogP contribution in [0.25, 0.3) is 0 Å². The van der Waals surface area contributed by atoms with Gasteiger partial charge in [-0.3, -0.25) is 0 Å². The molecule has 0 bridgehead atoms. The normalized spacial score (nSPS) is 10.9. The first-order valence-electron chi connectivity index (χ1n) is 6.35. The number of nitrogens with zero attached hydrogens (tertiary/aromatic N) is 1. The lowest BCUT2D eigenvalue weighted by Gasteiger charge is -2.10. The van der Waals surface area contributed by atoms with Crippen LogP contribution in [0.4, 0.5) is 0 Å². The fourth-order valence-electron chi connectivity index (χ4n) is 1.74. The number of unbranched alkanes of at least 4 members (excludes halogenated alkanes) is 1. The Labute approximate surface area is 110 Å². The Bertz CT molecular complexity index is 354. The fraction of sp³-hybridized carbons (Fsp3) is 0.571. The minimum atomic E-state index is 0.187. The Hall–Kier alpha value is -1.26. The molecule has 0 saturated carbocycles. The van der Waals surface area contributed by atoms with E-state index in [1.165, 1.54) is 12.8 Å². The van der Waals surface area contributed by atoms with Crippen molar-refractivity contribution in [2.24, 2.45) is 0 Å². The molecule has 2 N–H and O–H groups in total. The van der Waals surface area contributed by atoms with Gasteiger partial charge >= 0.3 is 0 Å². The lowest BCUT2D eigenvalue weighted by atomic mass is 10.2. The van der Waals surface area contributed by atoms with Gasteiger partial charge in [0.1, 0.15) is 0 Å². The zero-order chi connectivity index (χ0) is 13.4. The molecule has 0 radical (unpaired) electrons. The molecule has 0 fully saturated rings. The lowest BCUT2D eigenvalue weighted by molar-refractivity contribution is 0.372. The Morgan fingerprint density at radius 1 is 1.28 bits per heavy atom. The third-order valence-electron chi connectivity index (χ3n) is 2.78. The van der Waals surface area contributed by atoms with E-state index >= 15 is 0 Å². The average molecular weight is 252 g/mol. The highest BCUT2D eigenvalue weighted by Crippen LogP contribution is 2.25. The lowest BCUT2D eigenvalue weighted by Crippen LogP contribution is -2.18. The van der Waals surface area contributed by atoms with Crippen molar-refractivity contribution in [1.29, 1.82) is 0 Å². The van der Waals surface area contributed by atoms with Crippen LogP contribution in [0.1, 0.15) is 18.4 Å². The first kappa shape index (κ1) is 14.8. The second-order valence-corrected chi connectivity index (χ2v) is 4.69. The third kappa shape index (κ3) is 5.38. The van der Waals surface area contributed by atoms with E-state index in [0.717, 1.165) is 25.2 Å². The van der Waals surface area contributed by atoms with Crippen molar-refractivity contribution in [3.05, 3.63) is 23.8 Å². The van der Waals surface area contributed by atoms with Crippen LogP contribution in [0.15, 0.2) is 18.2 Å². The molecule has 0 unspecified atom stereocenters. The minimum absolute atomic E-state index is 0.187. The molecule has 0 heterocycles. The van der Waals surface area contributed by atoms with Gasteiger partial charge in [-0.2, -0.15) is 0 Å². The van der Waals surface area contributed by atoms with Gasteiger partial charge < -0.3 is 20.1 Å². The smallest absolute Gasteiger partial charge is 0.160 e. The van der Waals surface area contributed by atoms with E-state index in [-0.39, 0.29) is 5.75 Å². The highest BCUT2D eigenvalue weighted by molar-refractivity contribution is 5.41. The van der Waals surface area contributed by atoms with Crippen molar-refractivity contribution >= 4 is 0 Å². The molecule has 0 amide bonds. The van der Waals surface area contributed by atoms with E-state index < -0.39 is 0 Å². The van der Waals surface area contributed by atoms with Gasteiger partial charge in [0, 0.05) is 6.54 Å². The van der Waals surface area contributed by atoms with E-state index in [2.05, 4.69) is 24.3 Å². The van der Waals surface area contributed by atoms with E-state index in [0.29, 0.717) is 5.75 Å². The molecule has 4 heteroatoms. The van der Waals surface area contributed by atoms with Crippen LogP contribution in [0, 0.1) is 0 Å². The third-order valence-corrected chi connectivity index (χ3v) is 2.78. The first-order chi connectivity index (χ1) is 8.63.